The third-order valence-corrected chi connectivity index (χ3v) is 1.27. The van der Waals surface area contributed by atoms with Crippen LogP contribution >= 0.6 is 11.9 Å². The number of hydrogen-bond donors (Lipinski definition) is 0. The average Bonchev–Trinajstić information content (AvgIpc) is 1.65. The van der Waals surface area contributed by atoms with E-state index in [4.69, 9.17) is 0 Å². The van der Waals surface area contributed by atoms with Gasteiger partial charge >= 0.3 is 0 Å². The molecule has 0 bridgehead atoms. The second-order valence-electron chi connectivity index (χ2n) is 0.911. The van der Waals surface area contributed by atoms with Crippen LogP contribution in [0.2, 0.25) is 0 Å². The van der Waals surface area contributed by atoms with Gasteiger partial charge in [0.25, 0.3) is 0 Å². The van der Waals surface area contributed by atoms with Crippen LogP contribution < -0.4 is 0 Å². The van der Waals surface area contributed by atoms with Crippen molar-refractivity contribution in [1.29, 1.82) is 0 Å². The van der Waals surface area contributed by atoms with Gasteiger partial charge in [0.1, 0.15) is 0 Å². The van der Waals surface area contributed by atoms with Crippen LogP contribution in [-0.4, -0.2) is 17.6 Å². The van der Waals surface area contributed by atoms with Crippen LogP contribution in [-0.2, 0) is 0 Å². The molecule has 1 nitrogen and oxygen atoms in total. The molecule has 0 aliphatic rings. The molecule has 0 heterocycles. The molecule has 0 aliphatic carbocycles. The van der Waals surface area contributed by atoms with Gasteiger partial charge in [-0.05, 0) is 0 Å². The van der Waals surface area contributed by atoms with Gasteiger partial charge in [0, 0.05) is 19.5 Å². The Kier molecular flexibility index (Phi) is 3.04. The molecule has 0 N–H and O–H groups in total. The van der Waals surface area contributed by atoms with Gasteiger partial charge in [0.2, 0.25) is 0 Å². The molecule has 36 valence electrons. The van der Waals surface area contributed by atoms with Gasteiger partial charge in [-0.25, -0.2) is 0 Å². The van der Waals surface area contributed by atoms with E-state index in [1.54, 1.807) is 18.1 Å². The molecule has 0 atom stereocenters. The van der Waals surface area contributed by atoms with Gasteiger partial charge < -0.3 is 4.31 Å². The first-order chi connectivity index (χ1) is 2.81. The Hall–Kier alpha value is -0.110. The Morgan fingerprint density at radius 1 is 1.83 bits per heavy atom. The minimum atomic E-state index is 1.64. The Bertz CT molecular complexity index is 44.8. The smallest absolute Gasteiger partial charge is 0.0176 e. The maximum atomic E-state index is 3.54. The number of rotatable bonds is 2. The zero-order valence-corrected chi connectivity index (χ0v) is 4.96. The summed E-state index contributed by atoms with van der Waals surface area (Å²) in [4.78, 5) is 0. The third kappa shape index (κ3) is 2.15. The maximum absolute atomic E-state index is 3.54. The van der Waals surface area contributed by atoms with E-state index in [0.717, 1.165) is 0 Å². The second kappa shape index (κ2) is 3.09. The summed E-state index contributed by atoms with van der Waals surface area (Å²) < 4.78 is 1.93. The molecular formula is C4H9NS. The van der Waals surface area contributed by atoms with Crippen LogP contribution in [0.25, 0.3) is 0 Å². The van der Waals surface area contributed by atoms with E-state index in [1.807, 2.05) is 17.6 Å². The molecule has 0 radical (unpaired) electrons. The largest absolute Gasteiger partial charge is 0.327 e. The lowest BCUT2D eigenvalue weighted by atomic mass is 11.0. The predicted molar refractivity (Wildman–Crippen MR) is 31.5 cm³/mol. The van der Waals surface area contributed by atoms with Crippen molar-refractivity contribution < 1.29 is 0 Å². The normalized spacial score (nSPS) is 7.67. The zero-order chi connectivity index (χ0) is 4.99. The van der Waals surface area contributed by atoms with Gasteiger partial charge in [-0.3, -0.25) is 0 Å². The van der Waals surface area contributed by atoms with Crippen LogP contribution in [0.3, 0.4) is 0 Å². The Morgan fingerprint density at radius 3 is 2.33 bits per heavy atom. The van der Waals surface area contributed by atoms with Gasteiger partial charge in [0.05, 0.1) is 0 Å². The lowest BCUT2D eigenvalue weighted by Gasteiger charge is -2.04. The monoisotopic (exact) mass is 103 g/mol. The van der Waals surface area contributed by atoms with Crippen molar-refractivity contribution in [2.75, 3.05) is 13.3 Å². The minimum absolute atomic E-state index is 1.64. The molecule has 0 spiro atoms. The molecule has 0 rings (SSSR count). The fourth-order valence-corrected chi connectivity index (χ4v) is 0.224. The van der Waals surface area contributed by atoms with E-state index >= 15 is 0 Å². The van der Waals surface area contributed by atoms with Crippen LogP contribution in [0.5, 0.6) is 0 Å². The van der Waals surface area contributed by atoms with Crippen molar-refractivity contribution in [2.24, 2.45) is 0 Å². The summed E-state index contributed by atoms with van der Waals surface area (Å²) >= 11 is 1.64. The molecule has 6 heavy (non-hydrogen) atoms. The van der Waals surface area contributed by atoms with Crippen molar-refractivity contribution in [3.05, 3.63) is 12.8 Å². The summed E-state index contributed by atoms with van der Waals surface area (Å²) in [7, 11) is 1.96. The minimum Gasteiger partial charge on any atom is -0.327 e. The Morgan fingerprint density at radius 2 is 2.33 bits per heavy atom. The van der Waals surface area contributed by atoms with E-state index < -0.39 is 0 Å². The van der Waals surface area contributed by atoms with Crippen LogP contribution in [0, 0.1) is 0 Å². The van der Waals surface area contributed by atoms with Gasteiger partial charge in [-0.15, -0.1) is 0 Å². The van der Waals surface area contributed by atoms with Crippen LogP contribution in [0.1, 0.15) is 0 Å². The van der Waals surface area contributed by atoms with E-state index in [1.165, 1.54) is 0 Å². The highest BCUT2D eigenvalue weighted by Gasteiger charge is 1.75. The summed E-state index contributed by atoms with van der Waals surface area (Å²) in [6, 6.07) is 0. The summed E-state index contributed by atoms with van der Waals surface area (Å²) in [5.74, 6) is 0. The molecule has 0 unspecified atom stereocenters. The molecule has 0 amide bonds. The molecule has 0 saturated carbocycles. The fourth-order valence-electron chi connectivity index (χ4n) is 0.0745. The van der Waals surface area contributed by atoms with Gasteiger partial charge in [-0.1, -0.05) is 18.5 Å². The first-order valence-electron chi connectivity index (χ1n) is 1.70. The van der Waals surface area contributed by atoms with E-state index in [0.29, 0.717) is 0 Å². The lowest BCUT2D eigenvalue weighted by Crippen LogP contribution is -1.93. The summed E-state index contributed by atoms with van der Waals surface area (Å²) in [5.41, 5.74) is 0. The summed E-state index contributed by atoms with van der Waals surface area (Å²) in [6.07, 6.45) is 3.77. The number of nitrogens with zero attached hydrogens (tertiary/aromatic N) is 1. The SMILES string of the molecule is C=CN(C)SC. The van der Waals surface area contributed by atoms with Crippen molar-refractivity contribution in [1.82, 2.24) is 4.31 Å². The van der Waals surface area contributed by atoms with Crippen molar-refractivity contribution in [3.63, 3.8) is 0 Å². The van der Waals surface area contributed by atoms with Gasteiger partial charge in [-0.2, -0.15) is 0 Å². The van der Waals surface area contributed by atoms with Gasteiger partial charge in [0.15, 0.2) is 0 Å². The van der Waals surface area contributed by atoms with Crippen molar-refractivity contribution in [2.45, 2.75) is 0 Å². The predicted octanol–water partition coefficient (Wildman–Crippen LogP) is 1.34. The quantitative estimate of drug-likeness (QED) is 0.485. The molecule has 0 aromatic carbocycles. The van der Waals surface area contributed by atoms with Crippen LogP contribution in [0.4, 0.5) is 0 Å². The van der Waals surface area contributed by atoms with E-state index in [2.05, 4.69) is 6.58 Å². The van der Waals surface area contributed by atoms with Crippen molar-refractivity contribution >= 4 is 11.9 Å². The molecule has 0 aromatic heterocycles. The molecule has 2 heteroatoms. The second-order valence-corrected chi connectivity index (χ2v) is 1.85. The molecule has 0 aliphatic heterocycles. The highest BCUT2D eigenvalue weighted by molar-refractivity contribution is 7.96. The summed E-state index contributed by atoms with van der Waals surface area (Å²) in [6.45, 7) is 3.54. The topological polar surface area (TPSA) is 3.24 Å². The fraction of sp³-hybridized carbons (Fsp3) is 0.500. The average molecular weight is 103 g/mol. The first kappa shape index (κ1) is 5.89. The molecule has 0 saturated heterocycles. The standard InChI is InChI=1S/C4H9NS/c1-4-5(2)6-3/h4H,1H2,2-3H3. The summed E-state index contributed by atoms with van der Waals surface area (Å²) in [5, 5.41) is 0. The van der Waals surface area contributed by atoms with Crippen LogP contribution in [0.15, 0.2) is 12.8 Å². The molecule has 0 fully saturated rings. The van der Waals surface area contributed by atoms with E-state index in [-0.39, 0.29) is 0 Å². The molecular weight excluding hydrogens is 94.1 g/mol. The third-order valence-electron chi connectivity index (χ3n) is 0.545. The van der Waals surface area contributed by atoms with E-state index in [9.17, 15) is 0 Å². The molecule has 0 aromatic rings. The lowest BCUT2D eigenvalue weighted by molar-refractivity contribution is 0.781. The Labute approximate surface area is 43.2 Å². The van der Waals surface area contributed by atoms with Crippen molar-refractivity contribution in [3.8, 4) is 0 Å². The number of hydrogen-bond acceptors (Lipinski definition) is 2. The zero-order valence-electron chi connectivity index (χ0n) is 4.14. The maximum Gasteiger partial charge on any atom is 0.0176 e. The highest BCUT2D eigenvalue weighted by Crippen LogP contribution is 1.97. The Balaban J connectivity index is 2.96. The first-order valence-corrected chi connectivity index (χ1v) is 2.89. The highest BCUT2D eigenvalue weighted by atomic mass is 32.2.